The Labute approximate surface area is 112 Å². The van der Waals surface area contributed by atoms with Crippen LogP contribution in [-0.2, 0) is 0 Å². The van der Waals surface area contributed by atoms with E-state index in [1.54, 1.807) is 24.3 Å². The fraction of sp³-hybridized carbons (Fsp3) is 0.0625. The van der Waals surface area contributed by atoms with Gasteiger partial charge in [0.1, 0.15) is 0 Å². The van der Waals surface area contributed by atoms with Crippen molar-refractivity contribution in [2.45, 2.75) is 6.92 Å². The number of hydrogen-bond donors (Lipinski definition) is 0. The molecule has 0 aliphatic heterocycles. The van der Waals surface area contributed by atoms with Gasteiger partial charge in [0.25, 0.3) is 0 Å². The molecular formula is C16H13ClO. The normalized spacial score (nSPS) is 10.1. The second kappa shape index (κ2) is 5.19. The van der Waals surface area contributed by atoms with Crippen LogP contribution >= 0.6 is 11.6 Å². The molecule has 2 aromatic carbocycles. The van der Waals surface area contributed by atoms with Crippen LogP contribution in [0.2, 0.25) is 5.02 Å². The molecule has 1 nitrogen and oxygen atoms in total. The molecule has 0 amide bonds. The minimum atomic E-state index is -0.0314. The van der Waals surface area contributed by atoms with Crippen LogP contribution in [0.25, 0.3) is 5.57 Å². The summed E-state index contributed by atoms with van der Waals surface area (Å²) in [6.07, 6.45) is 0. The number of allylic oxidation sites excluding steroid dienone is 1. The van der Waals surface area contributed by atoms with E-state index in [1.165, 1.54) is 0 Å². The lowest BCUT2D eigenvalue weighted by atomic mass is 9.95. The lowest BCUT2D eigenvalue weighted by molar-refractivity contribution is 0.103. The molecule has 0 fully saturated rings. The van der Waals surface area contributed by atoms with E-state index < -0.39 is 0 Å². The van der Waals surface area contributed by atoms with Gasteiger partial charge in [-0.05, 0) is 24.6 Å². The maximum absolute atomic E-state index is 12.4. The van der Waals surface area contributed by atoms with Gasteiger partial charge in [-0.1, -0.05) is 60.2 Å². The van der Waals surface area contributed by atoms with Crippen molar-refractivity contribution in [3.05, 3.63) is 76.8 Å². The SMILES string of the molecule is C=C(C)c1ccc(Cl)cc1C(=O)c1ccccc1. The quantitative estimate of drug-likeness (QED) is 0.734. The van der Waals surface area contributed by atoms with E-state index in [-0.39, 0.29) is 5.78 Å². The highest BCUT2D eigenvalue weighted by atomic mass is 35.5. The molecular weight excluding hydrogens is 244 g/mol. The number of halogens is 1. The van der Waals surface area contributed by atoms with Gasteiger partial charge in [0, 0.05) is 16.1 Å². The molecule has 0 heterocycles. The minimum absolute atomic E-state index is 0.0314. The molecule has 0 saturated carbocycles. The Morgan fingerprint density at radius 2 is 1.72 bits per heavy atom. The highest BCUT2D eigenvalue weighted by Crippen LogP contribution is 2.24. The Hall–Kier alpha value is -1.86. The standard InChI is InChI=1S/C16H13ClO/c1-11(2)14-9-8-13(17)10-15(14)16(18)12-6-4-3-5-7-12/h3-10H,1H2,2H3. The molecule has 0 aliphatic carbocycles. The van der Waals surface area contributed by atoms with Gasteiger partial charge in [-0.25, -0.2) is 0 Å². The number of carbonyl (C=O) groups excluding carboxylic acids is 1. The summed E-state index contributed by atoms with van der Waals surface area (Å²) in [4.78, 5) is 12.4. The molecule has 2 heteroatoms. The van der Waals surface area contributed by atoms with E-state index in [0.717, 1.165) is 11.1 Å². The van der Waals surface area contributed by atoms with Gasteiger partial charge in [0.15, 0.2) is 5.78 Å². The molecule has 0 aromatic heterocycles. The molecule has 0 aliphatic rings. The first-order valence-electron chi connectivity index (χ1n) is 5.65. The average Bonchev–Trinajstić information content (AvgIpc) is 2.38. The number of hydrogen-bond acceptors (Lipinski definition) is 1. The van der Waals surface area contributed by atoms with Crippen molar-refractivity contribution in [2.24, 2.45) is 0 Å². The molecule has 2 aromatic rings. The molecule has 90 valence electrons. The van der Waals surface area contributed by atoms with Gasteiger partial charge >= 0.3 is 0 Å². The zero-order valence-electron chi connectivity index (χ0n) is 10.1. The highest BCUT2D eigenvalue weighted by molar-refractivity contribution is 6.31. The van der Waals surface area contributed by atoms with Crippen molar-refractivity contribution in [3.8, 4) is 0 Å². The molecule has 0 spiro atoms. The van der Waals surface area contributed by atoms with Gasteiger partial charge in [-0.15, -0.1) is 0 Å². The van der Waals surface area contributed by atoms with Crippen molar-refractivity contribution in [3.63, 3.8) is 0 Å². The van der Waals surface area contributed by atoms with E-state index in [9.17, 15) is 4.79 Å². The predicted molar refractivity (Wildman–Crippen MR) is 76.0 cm³/mol. The first-order valence-corrected chi connectivity index (χ1v) is 6.02. The largest absolute Gasteiger partial charge is 0.289 e. The Kier molecular flexibility index (Phi) is 3.63. The summed E-state index contributed by atoms with van der Waals surface area (Å²) in [7, 11) is 0. The average molecular weight is 257 g/mol. The zero-order chi connectivity index (χ0) is 13.1. The van der Waals surface area contributed by atoms with Crippen molar-refractivity contribution in [1.82, 2.24) is 0 Å². The van der Waals surface area contributed by atoms with E-state index in [0.29, 0.717) is 16.1 Å². The van der Waals surface area contributed by atoms with E-state index in [1.807, 2.05) is 31.2 Å². The highest BCUT2D eigenvalue weighted by Gasteiger charge is 2.14. The van der Waals surface area contributed by atoms with E-state index in [4.69, 9.17) is 11.6 Å². The van der Waals surface area contributed by atoms with Gasteiger partial charge in [0.2, 0.25) is 0 Å². The predicted octanol–water partition coefficient (Wildman–Crippen LogP) is 4.60. The summed E-state index contributed by atoms with van der Waals surface area (Å²) >= 11 is 5.97. The number of benzene rings is 2. The lowest BCUT2D eigenvalue weighted by Gasteiger charge is -2.09. The number of carbonyl (C=O) groups is 1. The summed E-state index contributed by atoms with van der Waals surface area (Å²) < 4.78 is 0. The van der Waals surface area contributed by atoms with Crippen LogP contribution < -0.4 is 0 Å². The summed E-state index contributed by atoms with van der Waals surface area (Å²) in [6.45, 7) is 5.78. The third-order valence-corrected chi connectivity index (χ3v) is 2.96. The van der Waals surface area contributed by atoms with Crippen LogP contribution in [0.5, 0.6) is 0 Å². The molecule has 0 N–H and O–H groups in total. The van der Waals surface area contributed by atoms with Crippen LogP contribution in [0.15, 0.2) is 55.1 Å². The zero-order valence-corrected chi connectivity index (χ0v) is 10.9. The molecule has 0 saturated heterocycles. The molecule has 0 unspecified atom stereocenters. The number of rotatable bonds is 3. The van der Waals surface area contributed by atoms with E-state index >= 15 is 0 Å². The fourth-order valence-corrected chi connectivity index (χ4v) is 1.99. The summed E-state index contributed by atoms with van der Waals surface area (Å²) in [5, 5.41) is 0.555. The Balaban J connectivity index is 2.54. The van der Waals surface area contributed by atoms with Crippen molar-refractivity contribution in [2.75, 3.05) is 0 Å². The molecule has 2 rings (SSSR count). The monoisotopic (exact) mass is 256 g/mol. The lowest BCUT2D eigenvalue weighted by Crippen LogP contribution is -2.04. The van der Waals surface area contributed by atoms with Crippen LogP contribution in [0.4, 0.5) is 0 Å². The summed E-state index contributed by atoms with van der Waals surface area (Å²) in [5.41, 5.74) is 2.95. The smallest absolute Gasteiger partial charge is 0.193 e. The Morgan fingerprint density at radius 1 is 1.06 bits per heavy atom. The molecule has 0 radical (unpaired) electrons. The fourth-order valence-electron chi connectivity index (χ4n) is 1.82. The molecule has 0 atom stereocenters. The summed E-state index contributed by atoms with van der Waals surface area (Å²) in [6, 6.07) is 14.5. The second-order valence-corrected chi connectivity index (χ2v) is 4.60. The third-order valence-electron chi connectivity index (χ3n) is 2.72. The third kappa shape index (κ3) is 2.52. The van der Waals surface area contributed by atoms with Gasteiger partial charge < -0.3 is 0 Å². The van der Waals surface area contributed by atoms with Crippen LogP contribution in [-0.4, -0.2) is 5.78 Å². The molecule has 0 bridgehead atoms. The summed E-state index contributed by atoms with van der Waals surface area (Å²) in [5.74, 6) is -0.0314. The topological polar surface area (TPSA) is 17.1 Å². The van der Waals surface area contributed by atoms with Gasteiger partial charge in [0.05, 0.1) is 0 Å². The van der Waals surface area contributed by atoms with E-state index in [2.05, 4.69) is 6.58 Å². The van der Waals surface area contributed by atoms with Crippen molar-refractivity contribution >= 4 is 23.0 Å². The van der Waals surface area contributed by atoms with Gasteiger partial charge in [-0.3, -0.25) is 4.79 Å². The Morgan fingerprint density at radius 3 is 2.33 bits per heavy atom. The number of ketones is 1. The Bertz CT molecular complexity index is 600. The van der Waals surface area contributed by atoms with Crippen LogP contribution in [0.1, 0.15) is 28.4 Å². The first kappa shape index (κ1) is 12.6. The van der Waals surface area contributed by atoms with Crippen molar-refractivity contribution < 1.29 is 4.79 Å². The van der Waals surface area contributed by atoms with Crippen LogP contribution in [0.3, 0.4) is 0 Å². The maximum Gasteiger partial charge on any atom is 0.193 e. The second-order valence-electron chi connectivity index (χ2n) is 4.17. The van der Waals surface area contributed by atoms with Crippen molar-refractivity contribution in [1.29, 1.82) is 0 Å². The first-order chi connectivity index (χ1) is 8.59. The van der Waals surface area contributed by atoms with Crippen LogP contribution in [0, 0.1) is 0 Å². The van der Waals surface area contributed by atoms with Gasteiger partial charge in [-0.2, -0.15) is 0 Å². The maximum atomic E-state index is 12.4. The minimum Gasteiger partial charge on any atom is -0.289 e. The molecule has 18 heavy (non-hydrogen) atoms.